The summed E-state index contributed by atoms with van der Waals surface area (Å²) in [6, 6.07) is 16.3. The number of aromatic hydroxyl groups is 1. The molecule has 0 aromatic heterocycles. The maximum Gasteiger partial charge on any atom is 0.277 e. The number of rotatable bonds is 5. The summed E-state index contributed by atoms with van der Waals surface area (Å²) in [5.74, 6) is -0.400. The molecule has 0 unspecified atom stereocenters. The van der Waals surface area contributed by atoms with Gasteiger partial charge in [-0.2, -0.15) is 5.10 Å². The number of hydrogen-bond donors (Lipinski definition) is 2. The molecule has 0 aliphatic heterocycles. The quantitative estimate of drug-likeness (QED) is 0.554. The van der Waals surface area contributed by atoms with Crippen molar-refractivity contribution in [2.45, 2.75) is 0 Å². The van der Waals surface area contributed by atoms with Crippen LogP contribution in [-0.2, 0) is 4.79 Å². The number of nitrogens with zero attached hydrogens (tertiary/aromatic N) is 1. The van der Waals surface area contributed by atoms with E-state index in [0.29, 0.717) is 11.3 Å². The lowest BCUT2D eigenvalue weighted by atomic mass is 10.0. The van der Waals surface area contributed by atoms with Crippen LogP contribution in [0.1, 0.15) is 5.56 Å². The van der Waals surface area contributed by atoms with Crippen LogP contribution in [0.25, 0.3) is 10.8 Å². The van der Waals surface area contributed by atoms with Gasteiger partial charge in [-0.3, -0.25) is 4.79 Å². The lowest BCUT2D eigenvalue weighted by Crippen LogP contribution is -2.24. The van der Waals surface area contributed by atoms with E-state index < -0.39 is 5.91 Å². The highest BCUT2D eigenvalue weighted by Crippen LogP contribution is 2.25. The maximum atomic E-state index is 12.8. The molecule has 3 aromatic rings. The van der Waals surface area contributed by atoms with Gasteiger partial charge in [-0.15, -0.1) is 0 Å². The number of halogens is 1. The van der Waals surface area contributed by atoms with Gasteiger partial charge in [0.05, 0.1) is 6.21 Å². The van der Waals surface area contributed by atoms with Crippen LogP contribution < -0.4 is 10.2 Å². The molecule has 2 N–H and O–H groups in total. The third-order valence-corrected chi connectivity index (χ3v) is 3.51. The molecule has 0 radical (unpaired) electrons. The van der Waals surface area contributed by atoms with E-state index in [1.54, 1.807) is 12.1 Å². The van der Waals surface area contributed by atoms with Crippen LogP contribution in [0.5, 0.6) is 11.5 Å². The largest absolute Gasteiger partial charge is 0.507 e. The lowest BCUT2D eigenvalue weighted by Gasteiger charge is -2.06. The van der Waals surface area contributed by atoms with E-state index in [-0.39, 0.29) is 18.2 Å². The van der Waals surface area contributed by atoms with Crippen LogP contribution in [0.3, 0.4) is 0 Å². The van der Waals surface area contributed by atoms with Gasteiger partial charge in [-0.25, -0.2) is 9.82 Å². The van der Waals surface area contributed by atoms with E-state index in [0.717, 1.165) is 10.8 Å². The Hall–Kier alpha value is -3.41. The molecule has 0 aliphatic rings. The van der Waals surface area contributed by atoms with Crippen molar-refractivity contribution in [2.24, 2.45) is 5.10 Å². The highest BCUT2D eigenvalue weighted by molar-refractivity contribution is 6.02. The van der Waals surface area contributed by atoms with Crippen molar-refractivity contribution in [3.8, 4) is 11.5 Å². The molecule has 3 rings (SSSR count). The fraction of sp³-hybridized carbons (Fsp3) is 0.0526. The second-order valence-electron chi connectivity index (χ2n) is 5.26. The molecule has 0 spiro atoms. The van der Waals surface area contributed by atoms with Crippen molar-refractivity contribution in [1.29, 1.82) is 0 Å². The normalized spacial score (nSPS) is 10.9. The summed E-state index contributed by atoms with van der Waals surface area (Å²) in [6.45, 7) is -0.259. The van der Waals surface area contributed by atoms with Crippen molar-refractivity contribution < 1.29 is 19.0 Å². The van der Waals surface area contributed by atoms with Crippen molar-refractivity contribution >= 4 is 22.9 Å². The lowest BCUT2D eigenvalue weighted by molar-refractivity contribution is -0.123. The van der Waals surface area contributed by atoms with Gasteiger partial charge in [0.25, 0.3) is 5.91 Å². The summed E-state index contributed by atoms with van der Waals surface area (Å²) in [6.07, 6.45) is 1.38. The van der Waals surface area contributed by atoms with Gasteiger partial charge in [-0.1, -0.05) is 30.3 Å². The molecule has 0 aliphatic carbocycles. The predicted molar refractivity (Wildman–Crippen MR) is 93.2 cm³/mol. The van der Waals surface area contributed by atoms with E-state index in [1.807, 2.05) is 24.3 Å². The Morgan fingerprint density at radius 1 is 1.12 bits per heavy atom. The third kappa shape index (κ3) is 4.11. The Morgan fingerprint density at radius 3 is 2.68 bits per heavy atom. The number of carbonyl (C=O) groups is 1. The molecular weight excluding hydrogens is 323 g/mol. The molecular formula is C19H15FN2O3. The Bertz CT molecular complexity index is 924. The number of fused-ring (bicyclic) bond motifs is 1. The molecule has 0 atom stereocenters. The predicted octanol–water partition coefficient (Wildman–Crippen LogP) is 3.21. The minimum absolute atomic E-state index is 0.0688. The molecule has 1 amide bonds. The summed E-state index contributed by atoms with van der Waals surface area (Å²) in [5, 5.41) is 15.6. The minimum atomic E-state index is -0.472. The Kier molecular flexibility index (Phi) is 4.89. The highest BCUT2D eigenvalue weighted by Gasteiger charge is 2.05. The topological polar surface area (TPSA) is 70.9 Å². The number of phenols is 1. The molecule has 3 aromatic carbocycles. The molecule has 126 valence electrons. The average Bonchev–Trinajstić information content (AvgIpc) is 2.63. The van der Waals surface area contributed by atoms with Crippen LogP contribution in [0, 0.1) is 5.82 Å². The second-order valence-corrected chi connectivity index (χ2v) is 5.26. The number of carbonyl (C=O) groups excluding carboxylic acids is 1. The van der Waals surface area contributed by atoms with E-state index in [9.17, 15) is 14.3 Å². The number of benzene rings is 3. The monoisotopic (exact) mass is 338 g/mol. The van der Waals surface area contributed by atoms with Gasteiger partial charge in [-0.05, 0) is 41.1 Å². The highest BCUT2D eigenvalue weighted by atomic mass is 19.1. The van der Waals surface area contributed by atoms with Gasteiger partial charge in [0.2, 0.25) is 0 Å². The van der Waals surface area contributed by atoms with Crippen LogP contribution >= 0.6 is 0 Å². The zero-order chi connectivity index (χ0) is 17.6. The first-order valence-electron chi connectivity index (χ1n) is 7.54. The summed E-state index contributed by atoms with van der Waals surface area (Å²) in [5.41, 5.74) is 2.84. The van der Waals surface area contributed by atoms with Crippen LogP contribution in [-0.4, -0.2) is 23.8 Å². The first kappa shape index (κ1) is 16.4. The standard InChI is InChI=1S/C19H15FN2O3/c20-14-6-8-15(9-7-14)25-12-19(24)22-21-11-17-16-4-2-1-3-13(16)5-10-18(17)23/h1-11,23H,12H2,(H,22,24)/b21-11+. The zero-order valence-electron chi connectivity index (χ0n) is 13.1. The molecule has 0 saturated carbocycles. The van der Waals surface area contributed by atoms with Crippen molar-refractivity contribution in [3.05, 3.63) is 72.0 Å². The summed E-state index contributed by atoms with van der Waals surface area (Å²) in [7, 11) is 0. The van der Waals surface area contributed by atoms with E-state index in [2.05, 4.69) is 10.5 Å². The fourth-order valence-corrected chi connectivity index (χ4v) is 2.30. The second kappa shape index (κ2) is 7.44. The summed E-state index contributed by atoms with van der Waals surface area (Å²) < 4.78 is 18.0. The molecule has 0 fully saturated rings. The van der Waals surface area contributed by atoms with E-state index >= 15 is 0 Å². The number of amides is 1. The molecule has 0 saturated heterocycles. The first-order chi connectivity index (χ1) is 12.1. The molecule has 0 bridgehead atoms. The SMILES string of the molecule is O=C(COc1ccc(F)cc1)N/N=C/c1c(O)ccc2ccccc12. The van der Waals surface area contributed by atoms with Crippen molar-refractivity contribution in [2.75, 3.05) is 6.61 Å². The smallest absolute Gasteiger partial charge is 0.277 e. The molecule has 0 heterocycles. The van der Waals surface area contributed by atoms with Gasteiger partial charge < -0.3 is 9.84 Å². The minimum Gasteiger partial charge on any atom is -0.507 e. The number of ether oxygens (including phenoxy) is 1. The Morgan fingerprint density at radius 2 is 1.88 bits per heavy atom. The van der Waals surface area contributed by atoms with E-state index in [4.69, 9.17) is 4.74 Å². The van der Waals surface area contributed by atoms with Crippen LogP contribution in [0.15, 0.2) is 65.8 Å². The van der Waals surface area contributed by atoms with Crippen molar-refractivity contribution in [3.63, 3.8) is 0 Å². The Labute approximate surface area is 143 Å². The van der Waals surface area contributed by atoms with Crippen LogP contribution in [0.4, 0.5) is 4.39 Å². The van der Waals surface area contributed by atoms with Gasteiger partial charge in [0, 0.05) is 5.56 Å². The first-order valence-corrected chi connectivity index (χ1v) is 7.54. The number of hydrazone groups is 1. The fourth-order valence-electron chi connectivity index (χ4n) is 2.30. The molecule has 25 heavy (non-hydrogen) atoms. The molecule has 5 nitrogen and oxygen atoms in total. The van der Waals surface area contributed by atoms with Crippen LogP contribution in [0.2, 0.25) is 0 Å². The average molecular weight is 338 g/mol. The summed E-state index contributed by atoms with van der Waals surface area (Å²) in [4.78, 5) is 11.7. The maximum absolute atomic E-state index is 12.8. The summed E-state index contributed by atoms with van der Waals surface area (Å²) >= 11 is 0. The zero-order valence-corrected chi connectivity index (χ0v) is 13.1. The van der Waals surface area contributed by atoms with Gasteiger partial charge >= 0.3 is 0 Å². The number of nitrogens with one attached hydrogen (secondary N) is 1. The van der Waals surface area contributed by atoms with Crippen molar-refractivity contribution in [1.82, 2.24) is 5.43 Å². The molecule has 6 heteroatoms. The number of hydrogen-bond acceptors (Lipinski definition) is 4. The number of phenolic OH excluding ortho intramolecular Hbond substituents is 1. The third-order valence-electron chi connectivity index (χ3n) is 3.51. The van der Waals surface area contributed by atoms with E-state index in [1.165, 1.54) is 30.5 Å². The Balaban J connectivity index is 1.62. The van der Waals surface area contributed by atoms with Gasteiger partial charge in [0.1, 0.15) is 17.3 Å². The van der Waals surface area contributed by atoms with Gasteiger partial charge in [0.15, 0.2) is 6.61 Å².